The van der Waals surface area contributed by atoms with Gasteiger partial charge in [0.15, 0.2) is 11.3 Å². The lowest BCUT2D eigenvalue weighted by atomic mass is 9.76. The number of rotatable bonds is 12. The van der Waals surface area contributed by atoms with Crippen molar-refractivity contribution in [1.82, 2.24) is 49.0 Å². The normalized spacial score (nSPS) is 22.0. The van der Waals surface area contributed by atoms with Crippen molar-refractivity contribution in [3.8, 4) is 0 Å². The quantitative estimate of drug-likeness (QED) is 0.0876. The highest BCUT2D eigenvalue weighted by Gasteiger charge is 2.43. The summed E-state index contributed by atoms with van der Waals surface area (Å²) < 4.78 is 22.7. The van der Waals surface area contributed by atoms with Crippen LogP contribution in [0.15, 0.2) is 70.8 Å². The average Bonchev–Trinajstić information content (AvgIpc) is 4.02. The molecule has 4 atom stereocenters. The molecule has 24 heteroatoms. The predicted molar refractivity (Wildman–Crippen MR) is 279 cm³/mol. The topological polar surface area (TPSA) is 287 Å². The van der Waals surface area contributed by atoms with Crippen molar-refractivity contribution in [3.05, 3.63) is 93.0 Å². The van der Waals surface area contributed by atoms with E-state index < -0.39 is 34.8 Å². The van der Waals surface area contributed by atoms with Crippen LogP contribution >= 0.6 is 0 Å². The van der Waals surface area contributed by atoms with Gasteiger partial charge in [0, 0.05) is 77.1 Å². The van der Waals surface area contributed by atoms with Crippen molar-refractivity contribution in [2.45, 2.75) is 127 Å². The Hall–Kier alpha value is -7.41. The van der Waals surface area contributed by atoms with Crippen LogP contribution in [0.3, 0.4) is 0 Å². The molecule has 2 saturated heterocycles. The number of ether oxygens (including phenoxy) is 3. The summed E-state index contributed by atoms with van der Waals surface area (Å²) in [6, 6.07) is 9.69. The molecule has 2 aliphatic heterocycles. The van der Waals surface area contributed by atoms with E-state index in [1.165, 1.54) is 33.4 Å². The van der Waals surface area contributed by atoms with Crippen LogP contribution < -0.4 is 42.6 Å². The fraction of sp³-hybridized carbons (Fsp3) is 0.510. The lowest BCUT2D eigenvalue weighted by molar-refractivity contribution is -0.0488. The molecular weight excluding hydrogens is 969 g/mol. The Morgan fingerprint density at radius 1 is 0.720 bits per heavy atom. The Morgan fingerprint density at radius 2 is 1.17 bits per heavy atom. The summed E-state index contributed by atoms with van der Waals surface area (Å²) in [6.45, 7) is 11.1. The zero-order valence-electron chi connectivity index (χ0n) is 43.3. The summed E-state index contributed by atoms with van der Waals surface area (Å²) in [7, 11) is 3.27. The Bertz CT molecular complexity index is 3220. The molecule has 0 radical (unpaired) electrons. The maximum atomic E-state index is 13.4. The van der Waals surface area contributed by atoms with Crippen molar-refractivity contribution in [1.29, 1.82) is 0 Å². The maximum Gasteiger partial charge on any atom is 0.415 e. The number of amides is 3. The lowest BCUT2D eigenvalue weighted by Crippen LogP contribution is -2.58. The monoisotopic (exact) mass is 1030 g/mol. The smallest absolute Gasteiger partial charge is 0.415 e. The fourth-order valence-electron chi connectivity index (χ4n) is 9.53. The first kappa shape index (κ1) is 52.5. The highest BCUT2D eigenvalue weighted by atomic mass is 16.6. The lowest BCUT2D eigenvalue weighted by Gasteiger charge is -2.42. The maximum absolute atomic E-state index is 13.4. The number of hydrogen-bond donors (Lipinski definition) is 7. The molecule has 6 aromatic rings. The number of aromatic nitrogens is 8. The molecule has 4 aliphatic rings. The molecular formula is C51H66N14O10. The van der Waals surface area contributed by atoms with Crippen LogP contribution in [-0.4, -0.2) is 136 Å². The molecule has 0 bridgehead atoms. The van der Waals surface area contributed by atoms with Crippen molar-refractivity contribution in [2.75, 3.05) is 61.4 Å². The molecule has 0 spiro atoms. The molecule has 75 heavy (non-hydrogen) atoms. The van der Waals surface area contributed by atoms with E-state index in [-0.39, 0.29) is 69.2 Å². The van der Waals surface area contributed by atoms with Gasteiger partial charge in [-0.3, -0.25) is 24.1 Å². The third kappa shape index (κ3) is 11.2. The van der Waals surface area contributed by atoms with E-state index in [1.54, 1.807) is 93.5 Å². The van der Waals surface area contributed by atoms with E-state index in [1.807, 2.05) is 6.07 Å². The second-order valence-electron chi connectivity index (χ2n) is 21.0. The molecule has 10 rings (SSSR count). The minimum Gasteiger partial charge on any atom is -0.443 e. The first-order chi connectivity index (χ1) is 35.7. The minimum absolute atomic E-state index is 0.0242. The number of anilines is 6. The molecule has 7 N–H and O–H groups in total. The van der Waals surface area contributed by atoms with Gasteiger partial charge in [-0.15, -0.1) is 0 Å². The van der Waals surface area contributed by atoms with Gasteiger partial charge in [-0.05, 0) is 110 Å². The van der Waals surface area contributed by atoms with Gasteiger partial charge in [0.1, 0.15) is 51.4 Å². The minimum atomic E-state index is -0.988. The number of nitrogens with zero attached hydrogens (tertiary/aromatic N) is 9. The van der Waals surface area contributed by atoms with Crippen LogP contribution in [-0.2, 0) is 14.2 Å². The van der Waals surface area contributed by atoms with Crippen molar-refractivity contribution < 1.29 is 38.8 Å². The first-order valence-electron chi connectivity index (χ1n) is 25.3. The molecule has 2 aliphatic carbocycles. The first-order valence-corrected chi connectivity index (χ1v) is 25.3. The Morgan fingerprint density at radius 3 is 1.60 bits per heavy atom. The van der Waals surface area contributed by atoms with Gasteiger partial charge in [0.05, 0.1) is 35.7 Å². The Balaban J connectivity index is 0.000000187. The van der Waals surface area contributed by atoms with E-state index >= 15 is 0 Å². The van der Waals surface area contributed by atoms with Gasteiger partial charge in [0.25, 0.3) is 22.9 Å². The number of carbonyl (C=O) groups excluding carboxylic acids is 3. The largest absolute Gasteiger partial charge is 0.443 e. The third-order valence-electron chi connectivity index (χ3n) is 14.3. The van der Waals surface area contributed by atoms with Crippen LogP contribution in [0.25, 0.3) is 11.3 Å². The zero-order chi connectivity index (χ0) is 53.4. The van der Waals surface area contributed by atoms with Crippen LogP contribution in [0.5, 0.6) is 0 Å². The summed E-state index contributed by atoms with van der Waals surface area (Å²) in [4.78, 5) is 76.2. The predicted octanol–water partition coefficient (Wildman–Crippen LogP) is 4.67. The van der Waals surface area contributed by atoms with Crippen LogP contribution in [0.1, 0.15) is 119 Å². The van der Waals surface area contributed by atoms with E-state index in [0.717, 1.165) is 25.7 Å². The van der Waals surface area contributed by atoms with Gasteiger partial charge in [0.2, 0.25) is 0 Å². The highest BCUT2D eigenvalue weighted by Crippen LogP contribution is 2.34. The van der Waals surface area contributed by atoms with Gasteiger partial charge in [-0.2, -0.15) is 19.2 Å². The van der Waals surface area contributed by atoms with Crippen LogP contribution in [0, 0.1) is 0 Å². The van der Waals surface area contributed by atoms with Crippen molar-refractivity contribution >= 4 is 63.8 Å². The number of carbonyl (C=O) groups is 3. The molecule has 400 valence electrons. The van der Waals surface area contributed by atoms with Crippen LogP contribution in [0.4, 0.5) is 39.4 Å². The zero-order valence-corrected chi connectivity index (χ0v) is 43.3. The standard InChI is InChI=1S/C28H37N7O6.C23H29N7O4/c1-27(2,3)41-26(38)33(5)22-15-21(30-19-7-6-12-34(25(19)37)17-9-13-40-14-10-17)32-23-18(16-29-35(22)23)24(36)31-20-8-11-28(20,4)39;1-23(33)8-5-17(23)27-21(31)15-13-25-30-19(24-2)12-18(28-20(15)30)26-16-4-3-9-29(22(16)32)14-6-10-34-11-7-14/h6-7,12,15-17,20,39H,8-11,13-14H2,1-5H3,(H,30,32)(H,31,36);3-4,9,12-14,17,24,33H,5-8,10-11H2,1-2H3,(H,26,28)(H,27,31)/t20?,28-;17?,23-/m11/s1. The van der Waals surface area contributed by atoms with Crippen molar-refractivity contribution in [3.63, 3.8) is 0 Å². The summed E-state index contributed by atoms with van der Waals surface area (Å²) in [5.74, 6) is 0.694. The fourth-order valence-corrected chi connectivity index (χ4v) is 9.53. The molecule has 2 unspecified atom stereocenters. The summed E-state index contributed by atoms with van der Waals surface area (Å²) in [6.07, 6.45) is 11.4. The summed E-state index contributed by atoms with van der Waals surface area (Å²) in [5.41, 5.74) is -1.37. The Labute approximate surface area is 431 Å². The number of aliphatic hydroxyl groups is 2. The van der Waals surface area contributed by atoms with Crippen molar-refractivity contribution in [2.24, 2.45) is 0 Å². The average molecular weight is 1040 g/mol. The second-order valence-corrected chi connectivity index (χ2v) is 21.0. The van der Waals surface area contributed by atoms with Crippen LogP contribution in [0.2, 0.25) is 0 Å². The number of hydrogen-bond acceptors (Lipinski definition) is 17. The summed E-state index contributed by atoms with van der Waals surface area (Å²) in [5, 5.41) is 44.3. The Kier molecular flexibility index (Phi) is 14.7. The second kappa shape index (κ2) is 21.1. The number of pyridine rings is 2. The van der Waals surface area contributed by atoms with Gasteiger partial charge < -0.3 is 60.1 Å². The number of nitrogens with one attached hydrogen (secondary N) is 5. The van der Waals surface area contributed by atoms with E-state index in [2.05, 4.69) is 46.7 Å². The third-order valence-corrected chi connectivity index (χ3v) is 14.3. The molecule has 0 aromatic carbocycles. The molecule has 8 heterocycles. The van der Waals surface area contributed by atoms with E-state index in [9.17, 15) is 34.2 Å². The SMILES string of the molecule is CN(C(=O)OC(C)(C)C)c1cc(Nc2cccn(C3CCOCC3)c2=O)nc2c(C(=O)NC3CC[C@@]3(C)O)cnn12.CNc1cc(Nc2cccn(C3CCOCC3)c2=O)nc2c(C(=O)NC3CC[C@@]3(C)O)cnn12. The summed E-state index contributed by atoms with van der Waals surface area (Å²) >= 11 is 0. The molecule has 24 nitrogen and oxygen atoms in total. The van der Waals surface area contributed by atoms with Gasteiger partial charge in [-0.1, -0.05) is 0 Å². The highest BCUT2D eigenvalue weighted by molar-refractivity contribution is 6.01. The number of fused-ring (bicyclic) bond motifs is 2. The van der Waals surface area contributed by atoms with E-state index in [0.29, 0.717) is 75.1 Å². The molecule has 4 fully saturated rings. The molecule has 2 saturated carbocycles. The van der Waals surface area contributed by atoms with Gasteiger partial charge >= 0.3 is 6.09 Å². The van der Waals surface area contributed by atoms with E-state index in [4.69, 9.17) is 14.2 Å². The molecule has 3 amide bonds. The molecule has 6 aromatic heterocycles. The van der Waals surface area contributed by atoms with Gasteiger partial charge in [-0.25, -0.2) is 14.8 Å².